The molecule has 2 aliphatic heterocycles. The van der Waals surface area contributed by atoms with E-state index in [1.165, 1.54) is 37.2 Å². The first-order valence-corrected chi connectivity index (χ1v) is 8.08. The van der Waals surface area contributed by atoms with Gasteiger partial charge in [0, 0.05) is 24.0 Å². The Morgan fingerprint density at radius 1 is 1.42 bits per heavy atom. The lowest BCUT2D eigenvalue weighted by Gasteiger charge is -2.22. The van der Waals surface area contributed by atoms with Gasteiger partial charge in [-0.05, 0) is 37.9 Å². The quantitative estimate of drug-likeness (QED) is 0.918. The Labute approximate surface area is 119 Å². The topological polar surface area (TPSA) is 27.6 Å². The fraction of sp³-hybridized carbons (Fsp3) is 0.533. The highest BCUT2D eigenvalue weighted by atomic mass is 32.2. The Hall–Kier alpha value is -1.00. The van der Waals surface area contributed by atoms with E-state index in [0.29, 0.717) is 0 Å². The van der Waals surface area contributed by atoms with Gasteiger partial charge < -0.3 is 5.32 Å². The first-order chi connectivity index (χ1) is 9.33. The summed E-state index contributed by atoms with van der Waals surface area (Å²) in [6.07, 6.45) is 2.72. The maximum Gasteiger partial charge on any atom is 0.161 e. The third-order valence-corrected chi connectivity index (χ3v) is 4.85. The fourth-order valence-electron chi connectivity index (χ4n) is 2.76. The fourth-order valence-corrected chi connectivity index (χ4v) is 3.62. The van der Waals surface area contributed by atoms with Crippen LogP contribution in [0.25, 0.3) is 0 Å². The lowest BCUT2D eigenvalue weighted by atomic mass is 10.1. The predicted octanol–water partition coefficient (Wildman–Crippen LogP) is 3.19. The van der Waals surface area contributed by atoms with Gasteiger partial charge in [-0.25, -0.2) is 0 Å². The number of nitrogens with one attached hydrogen (secondary N) is 1. The monoisotopic (exact) mass is 275 g/mol. The molecule has 4 heteroatoms. The number of hydrogen-bond donors (Lipinski definition) is 1. The van der Waals surface area contributed by atoms with Crippen LogP contribution in [-0.2, 0) is 6.54 Å². The zero-order chi connectivity index (χ0) is 13.1. The molecule has 0 radical (unpaired) electrons. The number of thioether (sulfide) groups is 1. The average molecular weight is 275 g/mol. The Morgan fingerprint density at radius 3 is 3.16 bits per heavy atom. The maximum absolute atomic E-state index is 4.60. The molecule has 1 N–H and O–H groups in total. The van der Waals surface area contributed by atoms with Crippen LogP contribution in [0.4, 0.5) is 5.69 Å². The van der Waals surface area contributed by atoms with Gasteiger partial charge in [0.15, 0.2) is 5.17 Å². The second kappa shape index (κ2) is 5.97. The number of amidine groups is 1. The number of anilines is 1. The van der Waals surface area contributed by atoms with Crippen molar-refractivity contribution in [2.75, 3.05) is 24.2 Å². The Balaban J connectivity index is 1.48. The number of fused-ring (bicyclic) bond motifs is 1. The first-order valence-electron chi connectivity index (χ1n) is 7.09. The van der Waals surface area contributed by atoms with Crippen LogP contribution in [0, 0.1) is 0 Å². The molecule has 0 spiro atoms. The van der Waals surface area contributed by atoms with Gasteiger partial charge in [-0.1, -0.05) is 30.0 Å². The van der Waals surface area contributed by atoms with Crippen LogP contribution in [0.1, 0.15) is 25.3 Å². The minimum atomic E-state index is 0.766. The van der Waals surface area contributed by atoms with E-state index in [2.05, 4.69) is 46.4 Å². The van der Waals surface area contributed by atoms with Crippen molar-refractivity contribution in [2.24, 2.45) is 4.99 Å². The molecule has 1 fully saturated rings. The number of aliphatic imine (C=N–C) groups is 1. The molecule has 3 rings (SSSR count). The smallest absolute Gasteiger partial charge is 0.161 e. The summed E-state index contributed by atoms with van der Waals surface area (Å²) < 4.78 is 0. The molecule has 0 amide bonds. The van der Waals surface area contributed by atoms with Crippen molar-refractivity contribution in [3.63, 3.8) is 0 Å². The molecular weight excluding hydrogens is 254 g/mol. The third-order valence-electron chi connectivity index (χ3n) is 3.96. The van der Waals surface area contributed by atoms with Crippen LogP contribution in [-0.4, -0.2) is 35.0 Å². The first kappa shape index (κ1) is 13.0. The number of nitrogens with zero attached hydrogens (tertiary/aromatic N) is 2. The van der Waals surface area contributed by atoms with Crippen LogP contribution in [0.5, 0.6) is 0 Å². The Morgan fingerprint density at radius 2 is 2.32 bits per heavy atom. The van der Waals surface area contributed by atoms with Crippen molar-refractivity contribution in [1.82, 2.24) is 4.90 Å². The zero-order valence-electron chi connectivity index (χ0n) is 11.4. The van der Waals surface area contributed by atoms with E-state index in [9.17, 15) is 0 Å². The Bertz CT molecular complexity index is 472. The van der Waals surface area contributed by atoms with Crippen LogP contribution in [0.3, 0.4) is 0 Å². The van der Waals surface area contributed by atoms with Gasteiger partial charge in [0.05, 0.1) is 6.54 Å². The zero-order valence-corrected chi connectivity index (χ0v) is 12.2. The van der Waals surface area contributed by atoms with E-state index in [-0.39, 0.29) is 0 Å². The highest BCUT2D eigenvalue weighted by Gasteiger charge is 2.19. The summed E-state index contributed by atoms with van der Waals surface area (Å²) in [6.45, 7) is 5.59. The molecule has 1 atom stereocenters. The summed E-state index contributed by atoms with van der Waals surface area (Å²) >= 11 is 1.85. The van der Waals surface area contributed by atoms with Gasteiger partial charge >= 0.3 is 0 Å². The molecular formula is C15H21N3S. The molecule has 1 aromatic rings. The summed E-state index contributed by atoms with van der Waals surface area (Å²) in [5, 5.41) is 4.50. The van der Waals surface area contributed by atoms with Crippen molar-refractivity contribution in [3.05, 3.63) is 29.8 Å². The second-order valence-electron chi connectivity index (χ2n) is 5.28. The van der Waals surface area contributed by atoms with Crippen molar-refractivity contribution >= 4 is 22.6 Å². The summed E-state index contributed by atoms with van der Waals surface area (Å²) in [7, 11) is 0. The minimum absolute atomic E-state index is 0.766. The molecule has 0 aromatic heterocycles. The number of para-hydroxylation sites is 1. The van der Waals surface area contributed by atoms with Crippen molar-refractivity contribution < 1.29 is 0 Å². The number of hydrogen-bond acceptors (Lipinski definition) is 4. The molecule has 0 aliphatic carbocycles. The van der Waals surface area contributed by atoms with E-state index >= 15 is 0 Å². The molecule has 1 aromatic carbocycles. The molecule has 2 aliphatic rings. The number of rotatable bonds is 3. The van der Waals surface area contributed by atoms with Crippen LogP contribution in [0.15, 0.2) is 29.3 Å². The highest BCUT2D eigenvalue weighted by Crippen LogP contribution is 2.23. The van der Waals surface area contributed by atoms with Gasteiger partial charge in [0.25, 0.3) is 0 Å². The molecule has 1 unspecified atom stereocenters. The van der Waals surface area contributed by atoms with Gasteiger partial charge in [0.1, 0.15) is 0 Å². The molecule has 102 valence electrons. The summed E-state index contributed by atoms with van der Waals surface area (Å²) in [5.74, 6) is 1.12. The van der Waals surface area contributed by atoms with E-state index in [1.54, 1.807) is 0 Å². The van der Waals surface area contributed by atoms with Crippen molar-refractivity contribution in [1.29, 1.82) is 0 Å². The van der Waals surface area contributed by atoms with Gasteiger partial charge in [-0.3, -0.25) is 9.89 Å². The van der Waals surface area contributed by atoms with Crippen molar-refractivity contribution in [3.8, 4) is 0 Å². The predicted molar refractivity (Wildman–Crippen MR) is 83.9 cm³/mol. The molecule has 0 bridgehead atoms. The normalized spacial score (nSPS) is 22.8. The van der Waals surface area contributed by atoms with Crippen LogP contribution < -0.4 is 5.32 Å². The second-order valence-corrected chi connectivity index (χ2v) is 6.36. The SMILES string of the molecule is CC1CCCN1CCSC1=NCc2ccccc2N1. The lowest BCUT2D eigenvalue weighted by Crippen LogP contribution is -2.29. The highest BCUT2D eigenvalue weighted by molar-refractivity contribution is 8.14. The summed E-state index contributed by atoms with van der Waals surface area (Å²) in [4.78, 5) is 7.19. The van der Waals surface area contributed by atoms with Gasteiger partial charge in [0.2, 0.25) is 0 Å². The lowest BCUT2D eigenvalue weighted by molar-refractivity contribution is 0.286. The molecule has 0 saturated carbocycles. The van der Waals surface area contributed by atoms with E-state index in [4.69, 9.17) is 0 Å². The molecule has 2 heterocycles. The van der Waals surface area contributed by atoms with Gasteiger partial charge in [-0.15, -0.1) is 0 Å². The van der Waals surface area contributed by atoms with E-state index in [0.717, 1.165) is 23.5 Å². The minimum Gasteiger partial charge on any atom is -0.335 e. The third kappa shape index (κ3) is 3.12. The van der Waals surface area contributed by atoms with Crippen molar-refractivity contribution in [2.45, 2.75) is 32.4 Å². The summed E-state index contributed by atoms with van der Waals surface area (Å²) in [5.41, 5.74) is 2.51. The average Bonchev–Trinajstić information content (AvgIpc) is 2.84. The maximum atomic E-state index is 4.60. The van der Waals surface area contributed by atoms with Crippen LogP contribution in [0.2, 0.25) is 0 Å². The van der Waals surface area contributed by atoms with E-state index in [1.807, 2.05) is 11.8 Å². The number of likely N-dealkylation sites (tertiary alicyclic amines) is 1. The standard InChI is InChI=1S/C15H21N3S/c1-12-5-4-8-18(12)9-10-19-15-16-11-13-6-2-3-7-14(13)17-15/h2-3,6-7,12H,4-5,8-11H2,1H3,(H,16,17). The number of benzene rings is 1. The molecule has 1 saturated heterocycles. The van der Waals surface area contributed by atoms with E-state index < -0.39 is 0 Å². The summed E-state index contributed by atoms with van der Waals surface area (Å²) in [6, 6.07) is 9.18. The largest absolute Gasteiger partial charge is 0.335 e. The van der Waals surface area contributed by atoms with Gasteiger partial charge in [-0.2, -0.15) is 0 Å². The Kier molecular flexibility index (Phi) is 4.09. The molecule has 3 nitrogen and oxygen atoms in total. The molecule has 19 heavy (non-hydrogen) atoms. The van der Waals surface area contributed by atoms with Crippen LogP contribution >= 0.6 is 11.8 Å².